The molecule has 3 nitrogen and oxygen atoms in total. The highest BCUT2D eigenvalue weighted by molar-refractivity contribution is 6.32. The normalized spacial score (nSPS) is 11.2. The van der Waals surface area contributed by atoms with Gasteiger partial charge in [0.25, 0.3) is 0 Å². The fraction of sp³-hybridized carbons (Fsp3) is 0.429. The van der Waals surface area contributed by atoms with Gasteiger partial charge < -0.3 is 26.4 Å². The molecule has 0 N–H and O–H groups in total. The molecule has 2 aromatic rings. The van der Waals surface area contributed by atoms with Crippen LogP contribution in [0, 0.1) is 13.8 Å². The van der Waals surface area contributed by atoms with Crippen LogP contribution in [0.3, 0.4) is 0 Å². The van der Waals surface area contributed by atoms with Crippen LogP contribution in [0.25, 0.3) is 0 Å². The van der Waals surface area contributed by atoms with Crippen molar-refractivity contribution in [2.24, 2.45) is 0 Å². The van der Waals surface area contributed by atoms with Gasteiger partial charge in [-0.2, -0.15) is 0 Å². The standard InChI is InChI=1S/C21H28Cl2NO2.ClH/c1-16-13-20(14-17(2)21(16)23)26-12-11-25-10-9-24(3,4)15-18-5-7-19(22)8-6-18;/h5-8,13-14H,9-12,15H2,1-4H3;1H/q+1;/p-1. The number of benzene rings is 2. The first kappa shape index (κ1) is 24.1. The summed E-state index contributed by atoms with van der Waals surface area (Å²) in [4.78, 5) is 0. The van der Waals surface area contributed by atoms with Crippen LogP contribution in [-0.4, -0.2) is 44.9 Å². The lowest BCUT2D eigenvalue weighted by Crippen LogP contribution is -3.00. The Morgan fingerprint density at radius 3 is 2.07 bits per heavy atom. The fourth-order valence-electron chi connectivity index (χ4n) is 2.78. The molecule has 27 heavy (non-hydrogen) atoms. The fourth-order valence-corrected chi connectivity index (χ4v) is 3.02. The van der Waals surface area contributed by atoms with Crippen molar-refractivity contribution in [1.29, 1.82) is 0 Å². The van der Waals surface area contributed by atoms with E-state index >= 15 is 0 Å². The first-order valence-corrected chi connectivity index (χ1v) is 9.56. The molecule has 0 aromatic heterocycles. The Kier molecular flexibility index (Phi) is 9.92. The number of rotatable bonds is 9. The maximum atomic E-state index is 6.17. The summed E-state index contributed by atoms with van der Waals surface area (Å²) in [6, 6.07) is 11.9. The molecule has 0 aliphatic carbocycles. The summed E-state index contributed by atoms with van der Waals surface area (Å²) < 4.78 is 12.4. The highest BCUT2D eigenvalue weighted by atomic mass is 35.5. The van der Waals surface area contributed by atoms with E-state index in [1.54, 1.807) is 0 Å². The van der Waals surface area contributed by atoms with E-state index in [1.165, 1.54) is 5.56 Å². The Bertz CT molecular complexity index is 695. The second-order valence-electron chi connectivity index (χ2n) is 7.28. The van der Waals surface area contributed by atoms with Crippen LogP contribution in [0.1, 0.15) is 16.7 Å². The molecule has 0 saturated heterocycles. The number of nitrogens with zero attached hydrogens (tertiary/aromatic N) is 1. The van der Waals surface area contributed by atoms with Gasteiger partial charge in [0.05, 0.1) is 27.3 Å². The van der Waals surface area contributed by atoms with Crippen LogP contribution in [0.15, 0.2) is 36.4 Å². The lowest BCUT2D eigenvalue weighted by Gasteiger charge is -2.29. The van der Waals surface area contributed by atoms with E-state index in [-0.39, 0.29) is 12.4 Å². The summed E-state index contributed by atoms with van der Waals surface area (Å²) >= 11 is 12.1. The number of aryl methyl sites for hydroxylation is 2. The van der Waals surface area contributed by atoms with E-state index in [0.717, 1.165) is 44.5 Å². The summed E-state index contributed by atoms with van der Waals surface area (Å²) in [5.41, 5.74) is 3.34. The molecule has 0 bridgehead atoms. The summed E-state index contributed by atoms with van der Waals surface area (Å²) in [6.45, 7) is 7.65. The number of ether oxygens (including phenoxy) is 2. The highest BCUT2D eigenvalue weighted by Crippen LogP contribution is 2.25. The predicted octanol–water partition coefficient (Wildman–Crippen LogP) is 2.29. The topological polar surface area (TPSA) is 18.5 Å². The zero-order valence-electron chi connectivity index (χ0n) is 16.4. The van der Waals surface area contributed by atoms with Crippen molar-refractivity contribution >= 4 is 23.2 Å². The number of quaternary nitrogens is 1. The van der Waals surface area contributed by atoms with Gasteiger partial charge in [0.15, 0.2) is 0 Å². The van der Waals surface area contributed by atoms with Crippen molar-refractivity contribution in [3.63, 3.8) is 0 Å². The third-order valence-electron chi connectivity index (χ3n) is 4.27. The molecule has 0 amide bonds. The zero-order chi connectivity index (χ0) is 19.2. The van der Waals surface area contributed by atoms with Crippen molar-refractivity contribution in [2.45, 2.75) is 20.4 Å². The van der Waals surface area contributed by atoms with E-state index < -0.39 is 0 Å². The Morgan fingerprint density at radius 2 is 1.48 bits per heavy atom. The van der Waals surface area contributed by atoms with Crippen LogP contribution in [0.5, 0.6) is 5.75 Å². The molecule has 0 aliphatic rings. The minimum Gasteiger partial charge on any atom is -1.00 e. The van der Waals surface area contributed by atoms with Gasteiger partial charge in [-0.05, 0) is 49.2 Å². The molecule has 6 heteroatoms. The minimum absolute atomic E-state index is 0. The first-order valence-electron chi connectivity index (χ1n) is 8.80. The molecular formula is C21H28Cl3NO2. The summed E-state index contributed by atoms with van der Waals surface area (Å²) in [6.07, 6.45) is 0. The molecule has 0 saturated carbocycles. The van der Waals surface area contributed by atoms with Crippen LogP contribution < -0.4 is 17.1 Å². The molecule has 0 heterocycles. The van der Waals surface area contributed by atoms with E-state index in [9.17, 15) is 0 Å². The SMILES string of the molecule is Cc1cc(OCCOCC[N+](C)(C)Cc2ccc(Cl)cc2)cc(C)c1Cl.[Cl-]. The third kappa shape index (κ3) is 8.28. The van der Waals surface area contributed by atoms with Gasteiger partial charge in [-0.1, -0.05) is 35.3 Å². The molecule has 0 atom stereocenters. The molecule has 2 rings (SSSR count). The lowest BCUT2D eigenvalue weighted by molar-refractivity contribution is -0.904. The summed E-state index contributed by atoms with van der Waals surface area (Å²) in [5, 5.41) is 1.57. The lowest BCUT2D eigenvalue weighted by atomic mass is 10.1. The molecule has 150 valence electrons. The van der Waals surface area contributed by atoms with Crippen molar-refractivity contribution < 1.29 is 26.4 Å². The Hall–Kier alpha value is -0.970. The third-order valence-corrected chi connectivity index (χ3v) is 5.12. The maximum absolute atomic E-state index is 6.17. The Morgan fingerprint density at radius 1 is 0.889 bits per heavy atom. The summed E-state index contributed by atoms with van der Waals surface area (Å²) in [7, 11) is 4.40. The molecule has 0 radical (unpaired) electrons. The van der Waals surface area contributed by atoms with E-state index in [4.69, 9.17) is 32.7 Å². The van der Waals surface area contributed by atoms with E-state index in [1.807, 2.05) is 38.1 Å². The maximum Gasteiger partial charge on any atom is 0.120 e. The Labute approximate surface area is 179 Å². The average Bonchev–Trinajstić information content (AvgIpc) is 2.57. The molecule has 0 unspecified atom stereocenters. The monoisotopic (exact) mass is 431 g/mol. The van der Waals surface area contributed by atoms with Gasteiger partial charge in [-0.3, -0.25) is 0 Å². The minimum atomic E-state index is 0. The number of hydrogen-bond donors (Lipinski definition) is 0. The van der Waals surface area contributed by atoms with Crippen LogP contribution in [0.4, 0.5) is 0 Å². The van der Waals surface area contributed by atoms with Gasteiger partial charge in [-0.15, -0.1) is 0 Å². The highest BCUT2D eigenvalue weighted by Gasteiger charge is 2.15. The predicted molar refractivity (Wildman–Crippen MR) is 109 cm³/mol. The van der Waals surface area contributed by atoms with Gasteiger partial charge in [0.2, 0.25) is 0 Å². The van der Waals surface area contributed by atoms with Crippen molar-refractivity contribution in [2.75, 3.05) is 40.5 Å². The molecule has 2 aromatic carbocycles. The van der Waals surface area contributed by atoms with Crippen LogP contribution in [-0.2, 0) is 11.3 Å². The van der Waals surface area contributed by atoms with Crippen LogP contribution in [0.2, 0.25) is 10.0 Å². The molecular weight excluding hydrogens is 405 g/mol. The average molecular weight is 433 g/mol. The number of hydrogen-bond acceptors (Lipinski definition) is 2. The number of halogens is 3. The second kappa shape index (κ2) is 11.1. The van der Waals surface area contributed by atoms with Crippen LogP contribution >= 0.6 is 23.2 Å². The van der Waals surface area contributed by atoms with Gasteiger partial charge in [-0.25, -0.2) is 0 Å². The van der Waals surface area contributed by atoms with Crippen molar-refractivity contribution in [1.82, 2.24) is 0 Å². The second-order valence-corrected chi connectivity index (χ2v) is 8.09. The number of likely N-dealkylation sites (N-methyl/N-ethyl adjacent to an activating group) is 1. The molecule has 0 fully saturated rings. The Balaban J connectivity index is 0.00000364. The zero-order valence-corrected chi connectivity index (χ0v) is 18.7. The van der Waals surface area contributed by atoms with Crippen molar-refractivity contribution in [3.05, 3.63) is 63.1 Å². The first-order chi connectivity index (χ1) is 12.3. The van der Waals surface area contributed by atoms with E-state index in [2.05, 4.69) is 26.2 Å². The summed E-state index contributed by atoms with van der Waals surface area (Å²) in [5.74, 6) is 0.840. The molecule has 0 aliphatic heterocycles. The van der Waals surface area contributed by atoms with Gasteiger partial charge >= 0.3 is 0 Å². The smallest absolute Gasteiger partial charge is 0.120 e. The van der Waals surface area contributed by atoms with Crippen molar-refractivity contribution in [3.8, 4) is 5.75 Å². The van der Waals surface area contributed by atoms with Gasteiger partial charge in [0, 0.05) is 15.6 Å². The van der Waals surface area contributed by atoms with Gasteiger partial charge in [0.1, 0.15) is 25.4 Å². The largest absolute Gasteiger partial charge is 1.00 e. The molecule has 0 spiro atoms. The quantitative estimate of drug-likeness (QED) is 0.447. The van der Waals surface area contributed by atoms with E-state index in [0.29, 0.717) is 19.8 Å².